The molecule has 2 heterocycles. The zero-order chi connectivity index (χ0) is 22.5. The maximum atomic E-state index is 13.0. The lowest BCUT2D eigenvalue weighted by molar-refractivity contribution is -0.135. The molecule has 2 atom stereocenters. The first kappa shape index (κ1) is 23.4. The van der Waals surface area contributed by atoms with Crippen LogP contribution in [0.5, 0.6) is 5.75 Å². The van der Waals surface area contributed by atoms with Crippen LogP contribution >= 0.6 is 0 Å². The Labute approximate surface area is 188 Å². The molecule has 5 nitrogen and oxygen atoms in total. The molecule has 1 aromatic heterocycles. The van der Waals surface area contributed by atoms with Crippen molar-refractivity contribution in [3.8, 4) is 5.75 Å². The van der Waals surface area contributed by atoms with Gasteiger partial charge in [0.1, 0.15) is 5.75 Å². The molecule has 1 amide bonds. The van der Waals surface area contributed by atoms with Crippen LogP contribution in [0.15, 0.2) is 42.6 Å². The van der Waals surface area contributed by atoms with Gasteiger partial charge in [-0.1, -0.05) is 39.8 Å². The largest absolute Gasteiger partial charge is 0.497 e. The molecule has 1 fully saturated rings. The second-order valence-corrected chi connectivity index (χ2v) is 9.74. The van der Waals surface area contributed by atoms with E-state index in [9.17, 15) is 4.79 Å². The maximum Gasteiger partial charge on any atom is 0.225 e. The predicted octanol–water partition coefficient (Wildman–Crippen LogP) is 4.39. The standard InChI is InChI=1S/C26H39N3O2/c1-19(2)14-29(26(30)20(3)4)16-22-15-28(17-23-10-8-12-27(23)5)18-25(22)21-9-7-11-24(13-21)31-6/h7-13,19-20,22,25H,14-18H2,1-6H3/t22-,25+/m1/s1. The molecule has 31 heavy (non-hydrogen) atoms. The highest BCUT2D eigenvalue weighted by molar-refractivity contribution is 5.78. The summed E-state index contributed by atoms with van der Waals surface area (Å²) >= 11 is 0. The Morgan fingerprint density at radius 2 is 1.94 bits per heavy atom. The van der Waals surface area contributed by atoms with E-state index in [2.05, 4.69) is 71.8 Å². The third-order valence-electron chi connectivity index (χ3n) is 6.32. The van der Waals surface area contributed by atoms with Gasteiger partial charge in [-0.2, -0.15) is 0 Å². The fourth-order valence-corrected chi connectivity index (χ4v) is 4.76. The number of rotatable bonds is 9. The van der Waals surface area contributed by atoms with E-state index >= 15 is 0 Å². The lowest BCUT2D eigenvalue weighted by atomic mass is 9.88. The van der Waals surface area contributed by atoms with Crippen LogP contribution in [0.4, 0.5) is 0 Å². The highest BCUT2D eigenvalue weighted by atomic mass is 16.5. The van der Waals surface area contributed by atoms with Crippen LogP contribution in [0, 0.1) is 17.8 Å². The molecule has 1 saturated heterocycles. The summed E-state index contributed by atoms with van der Waals surface area (Å²) in [7, 11) is 3.83. The molecule has 5 heteroatoms. The number of nitrogens with zero attached hydrogens (tertiary/aromatic N) is 3. The summed E-state index contributed by atoms with van der Waals surface area (Å²) < 4.78 is 7.70. The van der Waals surface area contributed by atoms with Crippen molar-refractivity contribution in [1.82, 2.24) is 14.4 Å². The van der Waals surface area contributed by atoms with Gasteiger partial charge in [0.05, 0.1) is 7.11 Å². The van der Waals surface area contributed by atoms with Crippen molar-refractivity contribution >= 4 is 5.91 Å². The van der Waals surface area contributed by atoms with E-state index in [-0.39, 0.29) is 11.8 Å². The molecule has 0 aliphatic carbocycles. The molecule has 1 aliphatic rings. The number of carbonyl (C=O) groups excluding carboxylic acids is 1. The average molecular weight is 426 g/mol. The van der Waals surface area contributed by atoms with Crippen LogP contribution in [0.25, 0.3) is 0 Å². The topological polar surface area (TPSA) is 37.7 Å². The van der Waals surface area contributed by atoms with E-state index in [4.69, 9.17) is 4.74 Å². The van der Waals surface area contributed by atoms with Crippen molar-refractivity contribution in [3.63, 3.8) is 0 Å². The number of carbonyl (C=O) groups is 1. The zero-order valence-electron chi connectivity index (χ0n) is 20.0. The van der Waals surface area contributed by atoms with Gasteiger partial charge in [0.2, 0.25) is 5.91 Å². The SMILES string of the molecule is COc1cccc([C@@H]2CN(Cc3cccn3C)C[C@@H]2CN(CC(C)C)C(=O)C(C)C)c1. The second-order valence-electron chi connectivity index (χ2n) is 9.74. The summed E-state index contributed by atoms with van der Waals surface area (Å²) in [5.74, 6) is 2.42. The molecule has 0 spiro atoms. The normalized spacial score (nSPS) is 19.4. The number of benzene rings is 1. The number of likely N-dealkylation sites (tertiary alicyclic amines) is 1. The first-order valence-electron chi connectivity index (χ1n) is 11.5. The molecule has 0 unspecified atom stereocenters. The monoisotopic (exact) mass is 425 g/mol. The number of aromatic nitrogens is 1. The van der Waals surface area contributed by atoms with Gasteiger partial charge in [-0.25, -0.2) is 0 Å². The number of methoxy groups -OCH3 is 1. The summed E-state index contributed by atoms with van der Waals surface area (Å²) in [4.78, 5) is 17.6. The lowest BCUT2D eigenvalue weighted by Gasteiger charge is -2.31. The fraction of sp³-hybridized carbons (Fsp3) is 0.577. The van der Waals surface area contributed by atoms with Crippen molar-refractivity contribution in [2.45, 2.75) is 40.2 Å². The third-order valence-corrected chi connectivity index (χ3v) is 6.32. The quantitative estimate of drug-likeness (QED) is 0.598. The number of amides is 1. The predicted molar refractivity (Wildman–Crippen MR) is 126 cm³/mol. The number of aryl methyl sites for hydroxylation is 1. The lowest BCUT2D eigenvalue weighted by Crippen LogP contribution is -2.41. The van der Waals surface area contributed by atoms with Crippen LogP contribution in [-0.2, 0) is 18.4 Å². The molecule has 0 saturated carbocycles. The van der Waals surface area contributed by atoms with E-state index in [1.54, 1.807) is 7.11 Å². The molecule has 2 aromatic rings. The van der Waals surface area contributed by atoms with Crippen molar-refractivity contribution < 1.29 is 9.53 Å². The van der Waals surface area contributed by atoms with Gasteiger partial charge in [-0.05, 0) is 41.7 Å². The molecule has 170 valence electrons. The number of hydrogen-bond donors (Lipinski definition) is 0. The Balaban J connectivity index is 1.85. The molecule has 3 rings (SSSR count). The summed E-state index contributed by atoms with van der Waals surface area (Å²) in [6.45, 7) is 12.9. The van der Waals surface area contributed by atoms with Gasteiger partial charge < -0.3 is 14.2 Å². The fourth-order valence-electron chi connectivity index (χ4n) is 4.76. The molecular formula is C26H39N3O2. The zero-order valence-corrected chi connectivity index (χ0v) is 20.0. The van der Waals surface area contributed by atoms with Crippen molar-refractivity contribution in [1.29, 1.82) is 0 Å². The molecular weight excluding hydrogens is 386 g/mol. The summed E-state index contributed by atoms with van der Waals surface area (Å²) in [6.07, 6.45) is 2.11. The van der Waals surface area contributed by atoms with Crippen LogP contribution < -0.4 is 4.74 Å². The molecule has 0 N–H and O–H groups in total. The van der Waals surface area contributed by atoms with Crippen LogP contribution in [0.3, 0.4) is 0 Å². The van der Waals surface area contributed by atoms with E-state index in [1.165, 1.54) is 11.3 Å². The Morgan fingerprint density at radius 1 is 1.16 bits per heavy atom. The van der Waals surface area contributed by atoms with Crippen molar-refractivity contribution in [2.24, 2.45) is 24.8 Å². The Hall–Kier alpha value is -2.27. The Bertz CT molecular complexity index is 858. The van der Waals surface area contributed by atoms with E-state index < -0.39 is 0 Å². The van der Waals surface area contributed by atoms with Gasteiger partial charge >= 0.3 is 0 Å². The van der Waals surface area contributed by atoms with Crippen molar-refractivity contribution in [2.75, 3.05) is 33.3 Å². The Morgan fingerprint density at radius 3 is 2.55 bits per heavy atom. The van der Waals surface area contributed by atoms with Gasteiger partial charge in [0, 0.05) is 63.5 Å². The molecule has 1 aliphatic heterocycles. The van der Waals surface area contributed by atoms with Crippen molar-refractivity contribution in [3.05, 3.63) is 53.9 Å². The molecule has 0 bridgehead atoms. The first-order valence-corrected chi connectivity index (χ1v) is 11.5. The van der Waals surface area contributed by atoms with Crippen LogP contribution in [0.1, 0.15) is 44.9 Å². The molecule has 1 aromatic carbocycles. The van der Waals surface area contributed by atoms with Crippen LogP contribution in [-0.4, -0.2) is 53.6 Å². The number of ether oxygens (including phenoxy) is 1. The highest BCUT2D eigenvalue weighted by Gasteiger charge is 2.36. The minimum Gasteiger partial charge on any atom is -0.497 e. The van der Waals surface area contributed by atoms with E-state index in [1.807, 2.05) is 19.9 Å². The van der Waals surface area contributed by atoms with Gasteiger partial charge in [-0.3, -0.25) is 9.69 Å². The third kappa shape index (κ3) is 5.91. The summed E-state index contributed by atoms with van der Waals surface area (Å²) in [5, 5.41) is 0. The Kier molecular flexibility index (Phi) is 7.82. The second kappa shape index (κ2) is 10.4. The molecule has 0 radical (unpaired) electrons. The average Bonchev–Trinajstić information content (AvgIpc) is 3.32. The maximum absolute atomic E-state index is 13.0. The summed E-state index contributed by atoms with van der Waals surface area (Å²) in [6, 6.07) is 12.8. The smallest absolute Gasteiger partial charge is 0.225 e. The van der Waals surface area contributed by atoms with Gasteiger partial charge in [0.15, 0.2) is 0 Å². The van der Waals surface area contributed by atoms with Gasteiger partial charge in [-0.15, -0.1) is 0 Å². The van der Waals surface area contributed by atoms with Gasteiger partial charge in [0.25, 0.3) is 0 Å². The van der Waals surface area contributed by atoms with E-state index in [0.717, 1.165) is 38.5 Å². The first-order chi connectivity index (χ1) is 14.8. The van der Waals surface area contributed by atoms with E-state index in [0.29, 0.717) is 17.8 Å². The van der Waals surface area contributed by atoms with Crippen LogP contribution in [0.2, 0.25) is 0 Å². The minimum atomic E-state index is 0.0230. The highest BCUT2D eigenvalue weighted by Crippen LogP contribution is 2.36. The minimum absolute atomic E-state index is 0.0230. The summed E-state index contributed by atoms with van der Waals surface area (Å²) in [5.41, 5.74) is 2.63. The number of hydrogen-bond acceptors (Lipinski definition) is 3.